The molecule has 0 radical (unpaired) electrons. The maximum Gasteiger partial charge on any atom is 0.161 e. The molecule has 1 aromatic heterocycles. The Bertz CT molecular complexity index is 750. The second kappa shape index (κ2) is 6.78. The highest BCUT2D eigenvalue weighted by molar-refractivity contribution is 5.39. The normalized spacial score (nSPS) is 23.7. The highest BCUT2D eigenvalue weighted by Crippen LogP contribution is 2.52. The molecule has 2 aliphatic rings. The number of hydrogen-bond acceptors (Lipinski definition) is 4. The zero-order valence-electron chi connectivity index (χ0n) is 15.8. The second-order valence-corrected chi connectivity index (χ2v) is 8.34. The molecule has 1 N–H and O–H groups in total. The van der Waals surface area contributed by atoms with Gasteiger partial charge in [-0.15, -0.1) is 0 Å². The fraction of sp³-hybridized carbons (Fsp3) is 0.619. The predicted octanol–water partition coefficient (Wildman–Crippen LogP) is 3.41. The van der Waals surface area contributed by atoms with Crippen LogP contribution in [0.4, 0.5) is 0 Å². The van der Waals surface area contributed by atoms with Gasteiger partial charge in [0.05, 0.1) is 11.0 Å². The van der Waals surface area contributed by atoms with Crippen molar-refractivity contribution in [2.45, 2.75) is 69.4 Å². The molecular formula is C21H29N3O2. The second-order valence-electron chi connectivity index (χ2n) is 8.34. The number of aliphatic hydroxyl groups excluding tert-OH is 1. The number of benzene rings is 1. The topological polar surface area (TPSA) is 60.2 Å². The largest absolute Gasteiger partial charge is 0.396 e. The summed E-state index contributed by atoms with van der Waals surface area (Å²) in [4.78, 5) is 5.08. The lowest BCUT2D eigenvalue weighted by molar-refractivity contribution is -0.0608. The van der Waals surface area contributed by atoms with Gasteiger partial charge in [-0.1, -0.05) is 30.3 Å². The van der Waals surface area contributed by atoms with Crippen LogP contribution in [0.2, 0.25) is 0 Å². The van der Waals surface area contributed by atoms with Crippen LogP contribution in [0.15, 0.2) is 30.3 Å². The Morgan fingerprint density at radius 2 is 2.00 bits per heavy atom. The van der Waals surface area contributed by atoms with Gasteiger partial charge in [0.2, 0.25) is 0 Å². The third-order valence-corrected chi connectivity index (χ3v) is 5.80. The Labute approximate surface area is 155 Å². The van der Waals surface area contributed by atoms with Crippen molar-refractivity contribution in [3.05, 3.63) is 47.5 Å². The van der Waals surface area contributed by atoms with E-state index in [0.717, 1.165) is 50.5 Å². The Balaban J connectivity index is 1.68. The first-order chi connectivity index (χ1) is 12.5. The molecule has 1 aliphatic carbocycles. The Morgan fingerprint density at radius 1 is 1.23 bits per heavy atom. The van der Waals surface area contributed by atoms with E-state index in [4.69, 9.17) is 14.8 Å². The van der Waals surface area contributed by atoms with Gasteiger partial charge < -0.3 is 9.84 Å². The van der Waals surface area contributed by atoms with Gasteiger partial charge in [0.1, 0.15) is 5.82 Å². The molecule has 1 saturated heterocycles. The van der Waals surface area contributed by atoms with Crippen LogP contribution in [0.3, 0.4) is 0 Å². The summed E-state index contributed by atoms with van der Waals surface area (Å²) in [7, 11) is 0. The molecular weight excluding hydrogens is 326 g/mol. The third kappa shape index (κ3) is 3.30. The van der Waals surface area contributed by atoms with Gasteiger partial charge in [-0.25, -0.2) is 9.67 Å². The number of hydrogen-bond donors (Lipinski definition) is 1. The molecule has 2 fully saturated rings. The van der Waals surface area contributed by atoms with Gasteiger partial charge in [0, 0.05) is 25.7 Å². The minimum absolute atomic E-state index is 0.0127. The fourth-order valence-corrected chi connectivity index (χ4v) is 4.22. The number of ether oxygens (including phenoxy) is 1. The number of aromatic nitrogens is 3. The molecule has 5 heteroatoms. The highest BCUT2D eigenvalue weighted by Gasteiger charge is 2.50. The number of aliphatic hydroxyl groups is 1. The number of nitrogens with zero attached hydrogens (tertiary/aromatic N) is 3. The van der Waals surface area contributed by atoms with E-state index in [9.17, 15) is 5.11 Å². The van der Waals surface area contributed by atoms with Crippen molar-refractivity contribution in [1.82, 2.24) is 14.8 Å². The van der Waals surface area contributed by atoms with Crippen LogP contribution >= 0.6 is 0 Å². The van der Waals surface area contributed by atoms with Crippen molar-refractivity contribution < 1.29 is 9.84 Å². The fourth-order valence-electron chi connectivity index (χ4n) is 4.22. The number of rotatable bonds is 6. The average molecular weight is 355 g/mol. The molecule has 1 saturated carbocycles. The Kier molecular flexibility index (Phi) is 4.61. The Morgan fingerprint density at radius 3 is 2.65 bits per heavy atom. The highest BCUT2D eigenvalue weighted by atomic mass is 16.5. The molecule has 0 spiro atoms. The molecule has 26 heavy (non-hydrogen) atoms. The smallest absolute Gasteiger partial charge is 0.161 e. The first-order valence-corrected chi connectivity index (χ1v) is 9.80. The maximum absolute atomic E-state index is 9.29. The quantitative estimate of drug-likeness (QED) is 0.863. The van der Waals surface area contributed by atoms with Gasteiger partial charge in [0.25, 0.3) is 0 Å². The van der Waals surface area contributed by atoms with E-state index in [-0.39, 0.29) is 17.6 Å². The molecule has 2 aromatic rings. The monoisotopic (exact) mass is 355 g/mol. The zero-order valence-corrected chi connectivity index (χ0v) is 15.8. The maximum atomic E-state index is 9.29. The van der Waals surface area contributed by atoms with Crippen LogP contribution in [0, 0.1) is 0 Å². The van der Waals surface area contributed by atoms with E-state index in [2.05, 4.69) is 48.9 Å². The van der Waals surface area contributed by atoms with Crippen LogP contribution in [-0.4, -0.2) is 38.7 Å². The van der Waals surface area contributed by atoms with Gasteiger partial charge in [-0.2, -0.15) is 5.10 Å². The lowest BCUT2D eigenvalue weighted by Crippen LogP contribution is -2.34. The summed E-state index contributed by atoms with van der Waals surface area (Å²) < 4.78 is 7.95. The van der Waals surface area contributed by atoms with E-state index in [0.29, 0.717) is 12.3 Å². The molecule has 1 aliphatic heterocycles. The van der Waals surface area contributed by atoms with E-state index in [1.54, 1.807) is 0 Å². The van der Waals surface area contributed by atoms with Crippen LogP contribution in [0.1, 0.15) is 69.1 Å². The van der Waals surface area contributed by atoms with Gasteiger partial charge in [0.15, 0.2) is 5.82 Å². The molecule has 0 amide bonds. The lowest BCUT2D eigenvalue weighted by atomic mass is 9.87. The van der Waals surface area contributed by atoms with Crippen LogP contribution in [0.25, 0.3) is 0 Å². The summed E-state index contributed by atoms with van der Waals surface area (Å²) in [6.45, 7) is 5.98. The first kappa shape index (κ1) is 17.7. The van der Waals surface area contributed by atoms with E-state index >= 15 is 0 Å². The summed E-state index contributed by atoms with van der Waals surface area (Å²) in [5, 5.41) is 14.2. The van der Waals surface area contributed by atoms with Crippen molar-refractivity contribution in [2.24, 2.45) is 0 Å². The molecule has 5 nitrogen and oxygen atoms in total. The summed E-state index contributed by atoms with van der Waals surface area (Å²) >= 11 is 0. The molecule has 2 heterocycles. The van der Waals surface area contributed by atoms with E-state index < -0.39 is 0 Å². The summed E-state index contributed by atoms with van der Waals surface area (Å²) in [6, 6.07) is 10.6. The summed E-state index contributed by atoms with van der Waals surface area (Å²) in [5.41, 5.74) is 1.19. The average Bonchev–Trinajstić information content (AvgIpc) is 3.34. The van der Waals surface area contributed by atoms with Gasteiger partial charge in [-0.3, -0.25) is 0 Å². The minimum atomic E-state index is -0.118. The van der Waals surface area contributed by atoms with Crippen molar-refractivity contribution in [2.75, 3.05) is 13.2 Å². The molecule has 140 valence electrons. The van der Waals surface area contributed by atoms with E-state index in [1.165, 1.54) is 5.56 Å². The summed E-state index contributed by atoms with van der Waals surface area (Å²) in [6.07, 6.45) is 4.88. The lowest BCUT2D eigenvalue weighted by Gasteiger charge is -2.35. The summed E-state index contributed by atoms with van der Waals surface area (Å²) in [5.74, 6) is 2.40. The molecule has 4 rings (SSSR count). The van der Waals surface area contributed by atoms with Crippen molar-refractivity contribution in [3.63, 3.8) is 0 Å². The van der Waals surface area contributed by atoms with Crippen LogP contribution in [-0.2, 0) is 16.7 Å². The third-order valence-electron chi connectivity index (χ3n) is 5.80. The van der Waals surface area contributed by atoms with E-state index in [1.807, 2.05) is 0 Å². The SMILES string of the molecule is CC1(C)CC(c2nc(C3(c4ccccc4)CC3)nn2CCCO)CCO1. The molecule has 0 bridgehead atoms. The van der Waals surface area contributed by atoms with Crippen molar-refractivity contribution in [1.29, 1.82) is 0 Å². The minimum Gasteiger partial charge on any atom is -0.396 e. The van der Waals surface area contributed by atoms with Crippen LogP contribution < -0.4 is 0 Å². The predicted molar refractivity (Wildman–Crippen MR) is 100 cm³/mol. The van der Waals surface area contributed by atoms with Gasteiger partial charge >= 0.3 is 0 Å². The van der Waals surface area contributed by atoms with Crippen molar-refractivity contribution in [3.8, 4) is 0 Å². The molecule has 1 aromatic carbocycles. The standard InChI is InChI=1S/C21H29N3O2/c1-20(2)15-16(9-14-26-20)18-22-19(23-24(18)12-6-13-25)21(10-11-21)17-7-4-3-5-8-17/h3-5,7-8,16,25H,6,9-15H2,1-2H3. The van der Waals surface area contributed by atoms with Crippen molar-refractivity contribution >= 4 is 0 Å². The Hall–Kier alpha value is -1.72. The first-order valence-electron chi connectivity index (χ1n) is 9.80. The molecule has 1 atom stereocenters. The van der Waals surface area contributed by atoms with Gasteiger partial charge in [-0.05, 0) is 51.5 Å². The molecule has 1 unspecified atom stereocenters. The number of aryl methyl sites for hydroxylation is 1. The zero-order chi connectivity index (χ0) is 18.2. The van der Waals surface area contributed by atoms with Crippen LogP contribution in [0.5, 0.6) is 0 Å².